The van der Waals surface area contributed by atoms with Gasteiger partial charge in [0.05, 0.1) is 6.61 Å². The van der Waals surface area contributed by atoms with Crippen LogP contribution in [-0.4, -0.2) is 32.3 Å². The van der Waals surface area contributed by atoms with Crippen LogP contribution < -0.4 is 4.74 Å². The maximum atomic E-state index is 5.66. The van der Waals surface area contributed by atoms with Crippen molar-refractivity contribution in [2.45, 2.75) is 6.42 Å². The summed E-state index contributed by atoms with van der Waals surface area (Å²) in [5, 5.41) is 0. The highest BCUT2D eigenvalue weighted by molar-refractivity contribution is 5.72. The van der Waals surface area contributed by atoms with Gasteiger partial charge in [-0.15, -0.1) is 6.42 Å². The van der Waals surface area contributed by atoms with Gasteiger partial charge in [-0.2, -0.15) is 0 Å². The van der Waals surface area contributed by atoms with E-state index < -0.39 is 0 Å². The van der Waals surface area contributed by atoms with Gasteiger partial charge in [0.25, 0.3) is 0 Å². The fourth-order valence-electron chi connectivity index (χ4n) is 2.23. The summed E-state index contributed by atoms with van der Waals surface area (Å²) in [6.45, 7) is 5.40. The maximum Gasteiger partial charge on any atom is 0.119 e. The van der Waals surface area contributed by atoms with Crippen LogP contribution in [0.3, 0.4) is 0 Å². The molecule has 0 aromatic heterocycles. The van der Waals surface area contributed by atoms with Crippen molar-refractivity contribution in [2.24, 2.45) is 0 Å². The van der Waals surface area contributed by atoms with Gasteiger partial charge in [0, 0.05) is 44.2 Å². The number of allylic oxidation sites excluding steroid dienone is 3. The minimum Gasteiger partial charge on any atom is -0.494 e. The average molecular weight is 295 g/mol. The van der Waals surface area contributed by atoms with Crippen LogP contribution in [0.15, 0.2) is 54.3 Å². The number of hydrogen-bond donors (Lipinski definition) is 0. The summed E-state index contributed by atoms with van der Waals surface area (Å²) in [5.74, 6) is 3.50. The third kappa shape index (κ3) is 3.60. The van der Waals surface area contributed by atoms with E-state index in [1.807, 2.05) is 48.4 Å². The number of rotatable bonds is 6. The normalized spacial score (nSPS) is 14.2. The maximum absolute atomic E-state index is 5.66. The third-order valence-electron chi connectivity index (χ3n) is 3.55. The number of nitrogens with zero attached hydrogens (tertiary/aromatic N) is 1. The van der Waals surface area contributed by atoms with Crippen molar-refractivity contribution >= 4 is 5.70 Å². The molecule has 1 aliphatic rings. The number of ether oxygens (including phenoxy) is 2. The first-order valence-corrected chi connectivity index (χ1v) is 7.21. The number of likely N-dealkylation sites (N-methyl/N-ethyl adjacent to an activating group) is 1. The molecule has 0 saturated carbocycles. The monoisotopic (exact) mass is 295 g/mol. The molecule has 0 unspecified atom stereocenters. The smallest absolute Gasteiger partial charge is 0.119 e. The van der Waals surface area contributed by atoms with Crippen LogP contribution in [0.1, 0.15) is 12.0 Å². The molecular formula is C19H21NO2. The molecule has 114 valence electrons. The molecule has 0 saturated heterocycles. The average Bonchev–Trinajstić information content (AvgIpc) is 2.55. The second-order valence-corrected chi connectivity index (χ2v) is 5.00. The molecule has 0 radical (unpaired) electrons. The highest BCUT2D eigenvalue weighted by atomic mass is 16.5. The predicted octanol–water partition coefficient (Wildman–Crippen LogP) is 3.46. The Bertz CT molecular complexity index is 632. The highest BCUT2D eigenvalue weighted by Crippen LogP contribution is 2.29. The van der Waals surface area contributed by atoms with E-state index >= 15 is 0 Å². The van der Waals surface area contributed by atoms with Crippen LogP contribution in [0, 0.1) is 12.3 Å². The van der Waals surface area contributed by atoms with E-state index in [1.165, 1.54) is 0 Å². The number of methoxy groups -OCH3 is 1. The van der Waals surface area contributed by atoms with Crippen molar-refractivity contribution < 1.29 is 9.47 Å². The molecule has 0 N–H and O–H groups in total. The Balaban J connectivity index is 2.08. The summed E-state index contributed by atoms with van der Waals surface area (Å²) >= 11 is 0. The molecule has 0 atom stereocenters. The van der Waals surface area contributed by atoms with Crippen molar-refractivity contribution in [1.29, 1.82) is 0 Å². The number of hydrogen-bond acceptors (Lipinski definition) is 3. The zero-order valence-corrected chi connectivity index (χ0v) is 13.1. The first kappa shape index (κ1) is 15.9. The van der Waals surface area contributed by atoms with E-state index in [4.69, 9.17) is 15.9 Å². The van der Waals surface area contributed by atoms with Crippen LogP contribution in [-0.2, 0) is 4.74 Å². The molecule has 0 amide bonds. The van der Waals surface area contributed by atoms with Crippen LogP contribution in [0.4, 0.5) is 0 Å². The fraction of sp³-hybridized carbons (Fsp3) is 0.263. The summed E-state index contributed by atoms with van der Waals surface area (Å²) in [5.41, 5.74) is 3.80. The number of benzene rings is 1. The topological polar surface area (TPSA) is 21.7 Å². The SMILES string of the molecule is C#CC1=CC=C(c2ccc(OCCCOC)cc2)N(C)C1=C. The van der Waals surface area contributed by atoms with Crippen molar-refractivity contribution in [3.05, 3.63) is 59.8 Å². The largest absolute Gasteiger partial charge is 0.494 e. The van der Waals surface area contributed by atoms with Crippen LogP contribution in [0.2, 0.25) is 0 Å². The standard InChI is InChI=1S/C19H21NO2/c1-5-16-9-12-19(20(3)15(16)2)17-7-10-18(11-8-17)22-14-6-13-21-4/h1,7-12H,2,6,13-14H2,3-4H3. The molecule has 1 aromatic rings. The van der Waals surface area contributed by atoms with Gasteiger partial charge in [-0.25, -0.2) is 0 Å². The minimum absolute atomic E-state index is 0.654. The Hall–Kier alpha value is -2.44. The predicted molar refractivity (Wildman–Crippen MR) is 90.2 cm³/mol. The quantitative estimate of drug-likeness (QED) is 0.592. The van der Waals surface area contributed by atoms with Crippen molar-refractivity contribution in [1.82, 2.24) is 4.90 Å². The molecule has 1 heterocycles. The van der Waals surface area contributed by atoms with Crippen LogP contribution in [0.25, 0.3) is 5.70 Å². The molecule has 1 aliphatic heterocycles. The van der Waals surface area contributed by atoms with Gasteiger partial charge in [-0.05, 0) is 42.0 Å². The van der Waals surface area contributed by atoms with Crippen LogP contribution in [0.5, 0.6) is 5.75 Å². The molecule has 0 bridgehead atoms. The van der Waals surface area contributed by atoms with Crippen LogP contribution >= 0.6 is 0 Å². The molecular weight excluding hydrogens is 274 g/mol. The van der Waals surface area contributed by atoms with Gasteiger partial charge < -0.3 is 14.4 Å². The second-order valence-electron chi connectivity index (χ2n) is 5.00. The van der Waals surface area contributed by atoms with Gasteiger partial charge in [0.15, 0.2) is 0 Å². The fourth-order valence-corrected chi connectivity index (χ4v) is 2.23. The summed E-state index contributed by atoms with van der Waals surface area (Å²) in [4.78, 5) is 2.00. The summed E-state index contributed by atoms with van der Waals surface area (Å²) < 4.78 is 10.7. The second kappa shape index (κ2) is 7.53. The Morgan fingerprint density at radius 3 is 2.55 bits per heavy atom. The molecule has 0 aliphatic carbocycles. The Labute approximate surface area is 132 Å². The first-order chi connectivity index (χ1) is 10.7. The summed E-state index contributed by atoms with van der Waals surface area (Å²) in [6, 6.07) is 8.02. The van der Waals surface area contributed by atoms with Gasteiger partial charge >= 0.3 is 0 Å². The molecule has 2 rings (SSSR count). The molecule has 22 heavy (non-hydrogen) atoms. The Morgan fingerprint density at radius 2 is 1.91 bits per heavy atom. The number of terminal acetylenes is 1. The zero-order chi connectivity index (χ0) is 15.9. The third-order valence-corrected chi connectivity index (χ3v) is 3.55. The molecule has 3 nitrogen and oxygen atoms in total. The Kier molecular flexibility index (Phi) is 5.46. The zero-order valence-electron chi connectivity index (χ0n) is 13.1. The van der Waals surface area contributed by atoms with E-state index in [9.17, 15) is 0 Å². The minimum atomic E-state index is 0.654. The van der Waals surface area contributed by atoms with Gasteiger partial charge in [0.2, 0.25) is 0 Å². The lowest BCUT2D eigenvalue weighted by Crippen LogP contribution is -2.19. The van der Waals surface area contributed by atoms with E-state index in [-0.39, 0.29) is 0 Å². The highest BCUT2D eigenvalue weighted by Gasteiger charge is 2.16. The van der Waals surface area contributed by atoms with Crippen molar-refractivity contribution in [3.63, 3.8) is 0 Å². The van der Waals surface area contributed by atoms with E-state index in [1.54, 1.807) is 7.11 Å². The lowest BCUT2D eigenvalue weighted by atomic mass is 10.0. The molecule has 3 heteroatoms. The lowest BCUT2D eigenvalue weighted by molar-refractivity contribution is 0.172. The molecule has 0 spiro atoms. The molecule has 1 aromatic carbocycles. The summed E-state index contributed by atoms with van der Waals surface area (Å²) in [6.07, 6.45) is 10.3. The van der Waals surface area contributed by atoms with Crippen molar-refractivity contribution in [3.8, 4) is 18.1 Å². The first-order valence-electron chi connectivity index (χ1n) is 7.21. The van der Waals surface area contributed by atoms with Gasteiger partial charge in [-0.1, -0.05) is 12.5 Å². The lowest BCUT2D eigenvalue weighted by Gasteiger charge is -2.28. The molecule has 0 fully saturated rings. The van der Waals surface area contributed by atoms with E-state index in [0.717, 1.165) is 34.7 Å². The van der Waals surface area contributed by atoms with E-state index in [2.05, 4.69) is 12.5 Å². The van der Waals surface area contributed by atoms with Gasteiger partial charge in [0.1, 0.15) is 5.75 Å². The van der Waals surface area contributed by atoms with E-state index in [0.29, 0.717) is 13.2 Å². The summed E-state index contributed by atoms with van der Waals surface area (Å²) in [7, 11) is 3.66. The Morgan fingerprint density at radius 1 is 1.18 bits per heavy atom. The van der Waals surface area contributed by atoms with Gasteiger partial charge in [-0.3, -0.25) is 0 Å². The van der Waals surface area contributed by atoms with Crippen molar-refractivity contribution in [2.75, 3.05) is 27.4 Å².